The molecule has 1 saturated heterocycles. The van der Waals surface area contributed by atoms with Gasteiger partial charge in [-0.05, 0) is 38.0 Å². The van der Waals surface area contributed by atoms with Crippen LogP contribution >= 0.6 is 0 Å². The molecule has 0 aromatic heterocycles. The van der Waals surface area contributed by atoms with E-state index in [-0.39, 0.29) is 37.9 Å². The van der Waals surface area contributed by atoms with Gasteiger partial charge in [-0.3, -0.25) is 4.79 Å². The summed E-state index contributed by atoms with van der Waals surface area (Å²) >= 11 is 0. The third kappa shape index (κ3) is 4.63. The Kier molecular flexibility index (Phi) is 5.78. The highest BCUT2D eigenvalue weighted by Gasteiger charge is 2.31. The summed E-state index contributed by atoms with van der Waals surface area (Å²) in [7, 11) is -4.11. The summed E-state index contributed by atoms with van der Waals surface area (Å²) in [5.74, 6) is -2.28. The van der Waals surface area contributed by atoms with Crippen molar-refractivity contribution in [1.82, 2.24) is 9.62 Å². The average molecular weight is 400 g/mol. The fraction of sp³-hybridized carbons (Fsp3) is 0.529. The van der Waals surface area contributed by atoms with E-state index in [1.165, 1.54) is 6.92 Å². The van der Waals surface area contributed by atoms with Crippen LogP contribution in [-0.4, -0.2) is 63.0 Å². The van der Waals surface area contributed by atoms with Crippen LogP contribution in [0.4, 0.5) is 4.39 Å². The summed E-state index contributed by atoms with van der Waals surface area (Å²) < 4.78 is 50.8. The Balaban J connectivity index is 1.75. The fourth-order valence-corrected chi connectivity index (χ4v) is 4.08. The summed E-state index contributed by atoms with van der Waals surface area (Å²) in [6, 6.07) is 3.09. The van der Waals surface area contributed by atoms with E-state index in [1.807, 2.05) is 0 Å². The molecular weight excluding hydrogens is 379 g/mol. The van der Waals surface area contributed by atoms with Gasteiger partial charge in [0.25, 0.3) is 5.91 Å². The molecule has 2 aliphatic rings. The van der Waals surface area contributed by atoms with Crippen molar-refractivity contribution >= 4 is 21.9 Å². The average Bonchev–Trinajstić information content (AvgIpc) is 3.46. The topological polar surface area (TPSA) is 102 Å². The second-order valence-electron chi connectivity index (χ2n) is 6.49. The van der Waals surface area contributed by atoms with E-state index >= 15 is 0 Å². The van der Waals surface area contributed by atoms with Crippen molar-refractivity contribution in [1.29, 1.82) is 0 Å². The van der Waals surface area contributed by atoms with Crippen LogP contribution in [0.3, 0.4) is 0 Å². The van der Waals surface area contributed by atoms with Crippen LogP contribution in [-0.2, 0) is 24.3 Å². The van der Waals surface area contributed by atoms with Crippen LogP contribution in [0.5, 0.6) is 0 Å². The number of nitrogens with one attached hydrogen (secondary N) is 1. The number of amides is 1. The molecule has 1 aromatic carbocycles. The Labute approximate surface area is 156 Å². The number of carbonyl (C=O) groups is 2. The predicted molar refractivity (Wildman–Crippen MR) is 92.0 cm³/mol. The maximum atomic E-state index is 14.2. The van der Waals surface area contributed by atoms with Crippen LogP contribution in [0, 0.1) is 5.82 Å². The Hall–Kier alpha value is -2.04. The summed E-state index contributed by atoms with van der Waals surface area (Å²) in [5, 5.41) is 2.71. The first-order valence-electron chi connectivity index (χ1n) is 8.68. The van der Waals surface area contributed by atoms with E-state index in [9.17, 15) is 22.4 Å². The first-order valence-corrected chi connectivity index (χ1v) is 10.1. The Morgan fingerprint density at radius 3 is 2.59 bits per heavy atom. The van der Waals surface area contributed by atoms with Gasteiger partial charge in [-0.15, -0.1) is 0 Å². The van der Waals surface area contributed by atoms with Crippen LogP contribution in [0.15, 0.2) is 23.1 Å². The minimum atomic E-state index is -4.11. The lowest BCUT2D eigenvalue weighted by atomic mass is 10.2. The van der Waals surface area contributed by atoms with Crippen LogP contribution in [0.1, 0.15) is 30.1 Å². The number of rotatable bonds is 6. The highest BCUT2D eigenvalue weighted by Crippen LogP contribution is 2.23. The predicted octanol–water partition coefficient (Wildman–Crippen LogP) is 0.671. The third-order valence-corrected chi connectivity index (χ3v) is 6.25. The fourth-order valence-electron chi connectivity index (χ4n) is 2.58. The van der Waals surface area contributed by atoms with Crippen molar-refractivity contribution < 1.29 is 31.9 Å². The largest absolute Gasteiger partial charge is 0.449 e. The van der Waals surface area contributed by atoms with E-state index in [1.54, 1.807) is 0 Å². The van der Waals surface area contributed by atoms with Crippen molar-refractivity contribution in [2.24, 2.45) is 0 Å². The minimum Gasteiger partial charge on any atom is -0.449 e. The normalized spacial score (nSPS) is 19.3. The summed E-state index contributed by atoms with van der Waals surface area (Å²) in [5.41, 5.74) is -0.144. The Bertz CT molecular complexity index is 834. The molecule has 0 spiro atoms. The van der Waals surface area contributed by atoms with Gasteiger partial charge < -0.3 is 14.8 Å². The summed E-state index contributed by atoms with van der Waals surface area (Å²) in [6.07, 6.45) is 0.753. The lowest BCUT2D eigenvalue weighted by molar-refractivity contribution is -0.129. The molecule has 27 heavy (non-hydrogen) atoms. The first kappa shape index (κ1) is 19.7. The molecule has 1 amide bonds. The molecule has 10 heteroatoms. The highest BCUT2D eigenvalue weighted by molar-refractivity contribution is 7.89. The molecule has 3 rings (SSSR count). The zero-order valence-electron chi connectivity index (χ0n) is 14.8. The quantitative estimate of drug-likeness (QED) is 0.705. The van der Waals surface area contributed by atoms with E-state index in [4.69, 9.17) is 9.47 Å². The molecule has 0 radical (unpaired) electrons. The molecular formula is C17H21FN2O6S. The molecule has 0 bridgehead atoms. The molecule has 1 aliphatic heterocycles. The number of hydrogen-bond donors (Lipinski definition) is 1. The lowest BCUT2D eigenvalue weighted by Crippen LogP contribution is -2.41. The van der Waals surface area contributed by atoms with Gasteiger partial charge in [0.05, 0.1) is 18.8 Å². The maximum absolute atomic E-state index is 14.2. The van der Waals surface area contributed by atoms with Crippen molar-refractivity contribution in [3.63, 3.8) is 0 Å². The van der Waals surface area contributed by atoms with Crippen molar-refractivity contribution in [3.05, 3.63) is 29.6 Å². The Morgan fingerprint density at radius 1 is 1.30 bits per heavy atom. The van der Waals surface area contributed by atoms with Gasteiger partial charge >= 0.3 is 5.97 Å². The van der Waals surface area contributed by atoms with Crippen molar-refractivity contribution in [2.45, 2.75) is 36.8 Å². The number of nitrogens with zero attached hydrogens (tertiary/aromatic N) is 1. The van der Waals surface area contributed by atoms with Crippen LogP contribution < -0.4 is 5.32 Å². The van der Waals surface area contributed by atoms with Gasteiger partial charge in [0.1, 0.15) is 10.7 Å². The monoisotopic (exact) mass is 400 g/mol. The third-order valence-electron chi connectivity index (χ3n) is 4.33. The number of carbonyl (C=O) groups excluding carboxylic acids is 2. The van der Waals surface area contributed by atoms with Gasteiger partial charge in [-0.25, -0.2) is 17.6 Å². The Morgan fingerprint density at radius 2 is 1.96 bits per heavy atom. The second kappa shape index (κ2) is 7.91. The molecule has 1 aliphatic carbocycles. The zero-order valence-corrected chi connectivity index (χ0v) is 15.6. The van der Waals surface area contributed by atoms with Crippen LogP contribution in [0.2, 0.25) is 0 Å². The van der Waals surface area contributed by atoms with E-state index in [0.29, 0.717) is 0 Å². The second-order valence-corrected chi connectivity index (χ2v) is 8.40. The minimum absolute atomic E-state index is 0.106. The van der Waals surface area contributed by atoms with Crippen molar-refractivity contribution in [3.8, 4) is 0 Å². The number of hydrogen-bond acceptors (Lipinski definition) is 6. The highest BCUT2D eigenvalue weighted by atomic mass is 32.2. The standard InChI is InChI=1S/C17H21FN2O6S/c1-11(16(21)19-13-3-4-13)26-17(22)12-2-5-14(18)15(10-12)27(23,24)20-6-8-25-9-7-20/h2,5,10-11,13H,3-4,6-9H2,1H3,(H,19,21)/t11-/m1/s1. The van der Waals surface area contributed by atoms with Gasteiger partial charge in [0, 0.05) is 19.1 Å². The first-order chi connectivity index (χ1) is 12.8. The molecule has 1 aromatic rings. The van der Waals surface area contributed by atoms with Gasteiger partial charge in [-0.2, -0.15) is 4.31 Å². The van der Waals surface area contributed by atoms with Crippen molar-refractivity contribution in [2.75, 3.05) is 26.3 Å². The maximum Gasteiger partial charge on any atom is 0.338 e. The summed E-state index contributed by atoms with van der Waals surface area (Å²) in [6.45, 7) is 2.07. The molecule has 1 atom stereocenters. The van der Waals surface area contributed by atoms with Gasteiger partial charge in [0.15, 0.2) is 6.10 Å². The number of ether oxygens (including phenoxy) is 2. The molecule has 1 heterocycles. The summed E-state index contributed by atoms with van der Waals surface area (Å²) in [4.78, 5) is 23.6. The number of benzene rings is 1. The van der Waals surface area contributed by atoms with Gasteiger partial charge in [-0.1, -0.05) is 0 Å². The smallest absolute Gasteiger partial charge is 0.338 e. The van der Waals surface area contributed by atoms with Crippen LogP contribution in [0.25, 0.3) is 0 Å². The molecule has 1 saturated carbocycles. The molecule has 8 nitrogen and oxygen atoms in total. The van der Waals surface area contributed by atoms with E-state index in [2.05, 4.69) is 5.32 Å². The number of morpholine rings is 1. The zero-order chi connectivity index (χ0) is 19.6. The van der Waals surface area contributed by atoms with Gasteiger partial charge in [0.2, 0.25) is 10.0 Å². The number of esters is 1. The molecule has 1 N–H and O–H groups in total. The molecule has 0 unspecified atom stereocenters. The molecule has 2 fully saturated rings. The lowest BCUT2D eigenvalue weighted by Gasteiger charge is -2.26. The number of sulfonamides is 1. The molecule has 148 valence electrons. The van der Waals surface area contributed by atoms with E-state index < -0.39 is 38.7 Å². The van der Waals surface area contributed by atoms with E-state index in [0.717, 1.165) is 35.3 Å². The number of halogens is 1. The SMILES string of the molecule is C[C@@H](OC(=O)c1ccc(F)c(S(=O)(=O)N2CCOCC2)c1)C(=O)NC1CC1.